The fourth-order valence-corrected chi connectivity index (χ4v) is 3.61. The van der Waals surface area contributed by atoms with Crippen LogP contribution in [0, 0.1) is 10.1 Å². The number of rotatable bonds is 5. The molecule has 1 fully saturated rings. The molecular weight excluding hydrogens is 432 g/mol. The van der Waals surface area contributed by atoms with Crippen molar-refractivity contribution in [2.45, 2.75) is 12.8 Å². The number of carbonyl (C=O) groups excluding carboxylic acids is 1. The Morgan fingerprint density at radius 2 is 1.87 bits per heavy atom. The van der Waals surface area contributed by atoms with Crippen LogP contribution in [0.1, 0.15) is 33.6 Å². The highest BCUT2D eigenvalue weighted by atomic mass is 35.5. The van der Waals surface area contributed by atoms with Gasteiger partial charge in [-0.2, -0.15) is 0 Å². The Morgan fingerprint density at radius 1 is 1.17 bits per heavy atom. The first kappa shape index (κ1) is 21.5. The lowest BCUT2D eigenvalue weighted by molar-refractivity contribution is -0.384. The highest BCUT2D eigenvalue weighted by molar-refractivity contribution is 7.80. The van der Waals surface area contributed by atoms with Crippen molar-refractivity contribution in [2.24, 2.45) is 0 Å². The molecule has 11 heteroatoms. The summed E-state index contributed by atoms with van der Waals surface area (Å²) in [4.78, 5) is 36.4. The van der Waals surface area contributed by atoms with Crippen LogP contribution in [0.15, 0.2) is 36.4 Å². The van der Waals surface area contributed by atoms with Gasteiger partial charge in [0.1, 0.15) is 5.69 Å². The van der Waals surface area contributed by atoms with Crippen molar-refractivity contribution in [2.75, 3.05) is 23.3 Å². The molecule has 0 bridgehead atoms. The minimum absolute atomic E-state index is 0.00903. The van der Waals surface area contributed by atoms with Gasteiger partial charge in [0.15, 0.2) is 5.11 Å². The zero-order valence-electron chi connectivity index (χ0n) is 15.6. The Morgan fingerprint density at radius 3 is 2.47 bits per heavy atom. The van der Waals surface area contributed by atoms with E-state index in [4.69, 9.17) is 28.9 Å². The van der Waals surface area contributed by atoms with Crippen LogP contribution in [0.25, 0.3) is 0 Å². The van der Waals surface area contributed by atoms with Crippen LogP contribution in [-0.4, -0.2) is 40.1 Å². The highest BCUT2D eigenvalue weighted by Crippen LogP contribution is 2.31. The first-order valence-corrected chi connectivity index (χ1v) is 9.73. The van der Waals surface area contributed by atoms with Crippen LogP contribution in [0.3, 0.4) is 0 Å². The Balaban J connectivity index is 1.71. The second-order valence-electron chi connectivity index (χ2n) is 6.56. The van der Waals surface area contributed by atoms with Gasteiger partial charge in [-0.05, 0) is 55.4 Å². The maximum absolute atomic E-state index is 12.5. The number of benzene rings is 2. The number of nitro groups is 1. The van der Waals surface area contributed by atoms with Gasteiger partial charge in [-0.1, -0.05) is 11.6 Å². The number of aromatic carboxylic acids is 1. The molecule has 0 atom stereocenters. The fraction of sp³-hybridized carbons (Fsp3) is 0.211. The molecule has 1 amide bonds. The number of nitro benzene ring substituents is 1. The van der Waals surface area contributed by atoms with Crippen molar-refractivity contribution in [3.63, 3.8) is 0 Å². The summed E-state index contributed by atoms with van der Waals surface area (Å²) in [7, 11) is 0. The summed E-state index contributed by atoms with van der Waals surface area (Å²) in [5.74, 6) is -1.78. The predicted octanol–water partition coefficient (Wildman–Crippen LogP) is 3.67. The molecule has 9 nitrogen and oxygen atoms in total. The highest BCUT2D eigenvalue weighted by Gasteiger charge is 2.24. The number of nitrogens with zero attached hydrogens (tertiary/aromatic N) is 2. The molecule has 0 radical (unpaired) electrons. The number of amides is 1. The van der Waals surface area contributed by atoms with E-state index in [1.54, 1.807) is 6.07 Å². The van der Waals surface area contributed by atoms with E-state index < -0.39 is 16.8 Å². The molecule has 0 saturated carbocycles. The van der Waals surface area contributed by atoms with Gasteiger partial charge < -0.3 is 15.3 Å². The maximum atomic E-state index is 12.5. The molecule has 0 aromatic heterocycles. The van der Waals surface area contributed by atoms with Crippen molar-refractivity contribution in [1.82, 2.24) is 5.32 Å². The van der Waals surface area contributed by atoms with Crippen LogP contribution in [0.5, 0.6) is 0 Å². The third-order valence-electron chi connectivity index (χ3n) is 4.57. The minimum atomic E-state index is -1.17. The maximum Gasteiger partial charge on any atom is 0.337 e. The molecule has 1 aliphatic heterocycles. The number of halogens is 1. The van der Waals surface area contributed by atoms with E-state index >= 15 is 0 Å². The molecule has 2 aromatic rings. The minimum Gasteiger partial charge on any atom is -0.478 e. The molecule has 2 aromatic carbocycles. The first-order valence-electron chi connectivity index (χ1n) is 8.95. The lowest BCUT2D eigenvalue weighted by Crippen LogP contribution is -2.34. The third-order valence-corrected chi connectivity index (χ3v) is 5.08. The Kier molecular flexibility index (Phi) is 6.48. The number of hydrogen-bond acceptors (Lipinski definition) is 6. The fourth-order valence-electron chi connectivity index (χ4n) is 3.14. The van der Waals surface area contributed by atoms with Crippen molar-refractivity contribution >= 4 is 57.9 Å². The predicted molar refractivity (Wildman–Crippen MR) is 117 cm³/mol. The Labute approximate surface area is 181 Å². The molecule has 3 N–H and O–H groups in total. The van der Waals surface area contributed by atoms with Crippen LogP contribution in [0.4, 0.5) is 17.1 Å². The van der Waals surface area contributed by atoms with E-state index in [-0.39, 0.29) is 26.9 Å². The molecular formula is C19H17ClN4O5S. The SMILES string of the molecule is O=C(NC(=S)Nc1ccc(C(=O)O)c(Cl)c1)c1ccc(N2CCCC2)c([N+](=O)[O-])c1. The zero-order chi connectivity index (χ0) is 21.8. The number of carboxylic acid groups (broad SMARTS) is 1. The molecule has 30 heavy (non-hydrogen) atoms. The molecule has 3 rings (SSSR count). The number of carboxylic acids is 1. The molecule has 156 valence electrons. The number of anilines is 2. The molecule has 1 saturated heterocycles. The Hall–Kier alpha value is -3.24. The number of thiocarbonyl (C=S) groups is 1. The summed E-state index contributed by atoms with van der Waals surface area (Å²) in [6.45, 7) is 1.48. The van der Waals surface area contributed by atoms with Crippen LogP contribution in [0.2, 0.25) is 5.02 Å². The van der Waals surface area contributed by atoms with Gasteiger partial charge in [-0.3, -0.25) is 20.2 Å². The summed E-state index contributed by atoms with van der Waals surface area (Å²) < 4.78 is 0. The normalized spacial score (nSPS) is 13.0. The number of nitrogens with one attached hydrogen (secondary N) is 2. The summed E-state index contributed by atoms with van der Waals surface area (Å²) in [5.41, 5.74) is 0.753. The standard InChI is InChI=1S/C19H17ClN4O5S/c20-14-10-12(4-5-13(14)18(26)27)21-19(30)22-17(25)11-3-6-15(16(9-11)24(28)29)23-7-1-2-8-23/h3-6,9-10H,1-2,7-8H2,(H,26,27)(H2,21,22,25,30). The van der Waals surface area contributed by atoms with Gasteiger partial charge in [-0.15, -0.1) is 0 Å². The van der Waals surface area contributed by atoms with Crippen molar-refractivity contribution < 1.29 is 19.6 Å². The van der Waals surface area contributed by atoms with Gasteiger partial charge in [0.05, 0.1) is 15.5 Å². The van der Waals surface area contributed by atoms with Gasteiger partial charge in [-0.25, -0.2) is 4.79 Å². The van der Waals surface area contributed by atoms with Crippen LogP contribution in [-0.2, 0) is 0 Å². The van der Waals surface area contributed by atoms with Crippen LogP contribution < -0.4 is 15.5 Å². The van der Waals surface area contributed by atoms with E-state index in [1.165, 1.54) is 30.3 Å². The second kappa shape index (κ2) is 9.06. The smallest absolute Gasteiger partial charge is 0.337 e. The molecule has 0 unspecified atom stereocenters. The average Bonchev–Trinajstić information content (AvgIpc) is 3.21. The monoisotopic (exact) mass is 448 g/mol. The largest absolute Gasteiger partial charge is 0.478 e. The molecule has 0 aliphatic carbocycles. The topological polar surface area (TPSA) is 125 Å². The molecule has 1 heterocycles. The van der Waals surface area contributed by atoms with E-state index in [0.717, 1.165) is 25.9 Å². The summed E-state index contributed by atoms with van der Waals surface area (Å²) in [6, 6.07) is 8.42. The quantitative estimate of drug-likeness (QED) is 0.359. The van der Waals surface area contributed by atoms with E-state index in [9.17, 15) is 19.7 Å². The van der Waals surface area contributed by atoms with Gasteiger partial charge in [0, 0.05) is 30.4 Å². The van der Waals surface area contributed by atoms with E-state index in [2.05, 4.69) is 10.6 Å². The van der Waals surface area contributed by atoms with Gasteiger partial charge in [0.2, 0.25) is 0 Å². The first-order chi connectivity index (χ1) is 14.3. The zero-order valence-corrected chi connectivity index (χ0v) is 17.1. The number of carbonyl (C=O) groups is 2. The molecule has 0 spiro atoms. The third kappa shape index (κ3) is 4.84. The molecule has 1 aliphatic rings. The summed E-state index contributed by atoms with van der Waals surface area (Å²) in [6.07, 6.45) is 1.94. The average molecular weight is 449 g/mol. The van der Waals surface area contributed by atoms with Crippen LogP contribution >= 0.6 is 23.8 Å². The lowest BCUT2D eigenvalue weighted by atomic mass is 10.1. The summed E-state index contributed by atoms with van der Waals surface area (Å²) >= 11 is 11.0. The van der Waals surface area contributed by atoms with Gasteiger partial charge in [0.25, 0.3) is 11.6 Å². The van der Waals surface area contributed by atoms with E-state index in [1.807, 2.05) is 4.90 Å². The summed E-state index contributed by atoms with van der Waals surface area (Å²) in [5, 5.41) is 25.6. The second-order valence-corrected chi connectivity index (χ2v) is 7.38. The number of hydrogen-bond donors (Lipinski definition) is 3. The van der Waals surface area contributed by atoms with Crippen molar-refractivity contribution in [1.29, 1.82) is 0 Å². The van der Waals surface area contributed by atoms with Crippen molar-refractivity contribution in [3.05, 3.63) is 62.7 Å². The van der Waals surface area contributed by atoms with Crippen molar-refractivity contribution in [3.8, 4) is 0 Å². The van der Waals surface area contributed by atoms with Gasteiger partial charge >= 0.3 is 5.97 Å². The van der Waals surface area contributed by atoms with E-state index in [0.29, 0.717) is 11.4 Å². The lowest BCUT2D eigenvalue weighted by Gasteiger charge is -2.18. The Bertz CT molecular complexity index is 1040.